The van der Waals surface area contributed by atoms with Crippen molar-refractivity contribution in [1.82, 2.24) is 15.1 Å². The van der Waals surface area contributed by atoms with Gasteiger partial charge in [-0.25, -0.2) is 0 Å². The Morgan fingerprint density at radius 2 is 2.16 bits per heavy atom. The summed E-state index contributed by atoms with van der Waals surface area (Å²) in [6.07, 6.45) is 3.77. The van der Waals surface area contributed by atoms with E-state index in [0.29, 0.717) is 18.7 Å². The summed E-state index contributed by atoms with van der Waals surface area (Å²) in [5.41, 5.74) is 1.91. The van der Waals surface area contributed by atoms with Gasteiger partial charge in [-0.2, -0.15) is 5.10 Å². The van der Waals surface area contributed by atoms with Crippen molar-refractivity contribution < 1.29 is 4.92 Å². The Balaban J connectivity index is 1.94. The molecule has 0 atom stereocenters. The summed E-state index contributed by atoms with van der Waals surface area (Å²) in [6, 6.07) is 6.76. The van der Waals surface area contributed by atoms with Gasteiger partial charge in [0.2, 0.25) is 0 Å². The number of aromatic nitrogens is 2. The maximum Gasteiger partial charge on any atom is 0.273 e. The van der Waals surface area contributed by atoms with Gasteiger partial charge < -0.3 is 5.32 Å². The van der Waals surface area contributed by atoms with Gasteiger partial charge >= 0.3 is 0 Å². The summed E-state index contributed by atoms with van der Waals surface area (Å²) in [5, 5.41) is 18.2. The number of rotatable bonds is 6. The van der Waals surface area contributed by atoms with Crippen LogP contribution in [0.2, 0.25) is 0 Å². The Morgan fingerprint density at radius 1 is 1.37 bits per heavy atom. The predicted octanol–water partition coefficient (Wildman–Crippen LogP) is 2.10. The van der Waals surface area contributed by atoms with Crippen LogP contribution in [0.3, 0.4) is 0 Å². The van der Waals surface area contributed by atoms with E-state index in [1.54, 1.807) is 24.4 Å². The SMILES string of the molecule is CCn1cc(CNCc2ccccc2[N+](=O)[O-])cn1. The molecule has 0 aliphatic heterocycles. The van der Waals surface area contributed by atoms with Gasteiger partial charge in [0.1, 0.15) is 0 Å². The summed E-state index contributed by atoms with van der Waals surface area (Å²) in [7, 11) is 0. The van der Waals surface area contributed by atoms with Crippen LogP contribution in [0.4, 0.5) is 5.69 Å². The molecular weight excluding hydrogens is 244 g/mol. The number of nitro benzene ring substituents is 1. The van der Waals surface area contributed by atoms with E-state index in [9.17, 15) is 10.1 Å². The highest BCUT2D eigenvalue weighted by Crippen LogP contribution is 2.17. The molecule has 0 saturated heterocycles. The van der Waals surface area contributed by atoms with Crippen molar-refractivity contribution in [3.8, 4) is 0 Å². The Hall–Kier alpha value is -2.21. The number of hydrogen-bond acceptors (Lipinski definition) is 4. The lowest BCUT2D eigenvalue weighted by Gasteiger charge is -2.04. The molecule has 1 heterocycles. The minimum atomic E-state index is -0.355. The highest BCUT2D eigenvalue weighted by molar-refractivity contribution is 5.39. The highest BCUT2D eigenvalue weighted by atomic mass is 16.6. The van der Waals surface area contributed by atoms with Gasteiger partial charge in [0.25, 0.3) is 5.69 Å². The molecule has 2 aromatic rings. The van der Waals surface area contributed by atoms with E-state index in [0.717, 1.165) is 12.1 Å². The zero-order valence-corrected chi connectivity index (χ0v) is 10.7. The summed E-state index contributed by atoms with van der Waals surface area (Å²) in [6.45, 7) is 3.97. The largest absolute Gasteiger partial charge is 0.308 e. The van der Waals surface area contributed by atoms with Crippen LogP contribution < -0.4 is 5.32 Å². The number of nitro groups is 1. The van der Waals surface area contributed by atoms with E-state index in [1.807, 2.05) is 17.8 Å². The quantitative estimate of drug-likeness (QED) is 0.637. The smallest absolute Gasteiger partial charge is 0.273 e. The van der Waals surface area contributed by atoms with Crippen LogP contribution >= 0.6 is 0 Å². The standard InChI is InChI=1S/C13H16N4O2/c1-2-16-10-11(8-15-16)7-14-9-12-5-3-4-6-13(12)17(18)19/h3-6,8,10,14H,2,7,9H2,1H3. The van der Waals surface area contributed by atoms with Crippen LogP contribution in [0.1, 0.15) is 18.1 Å². The van der Waals surface area contributed by atoms with Crippen molar-refractivity contribution in [3.05, 3.63) is 57.9 Å². The van der Waals surface area contributed by atoms with Gasteiger partial charge in [0.05, 0.1) is 11.1 Å². The van der Waals surface area contributed by atoms with Gasteiger partial charge in [0, 0.05) is 43.0 Å². The molecule has 6 nitrogen and oxygen atoms in total. The first-order chi connectivity index (χ1) is 9.20. The first-order valence-electron chi connectivity index (χ1n) is 6.15. The topological polar surface area (TPSA) is 73.0 Å². The first-order valence-corrected chi connectivity index (χ1v) is 6.15. The average Bonchev–Trinajstić information content (AvgIpc) is 2.87. The summed E-state index contributed by atoms with van der Waals surface area (Å²) in [5.74, 6) is 0. The molecule has 0 amide bonds. The third-order valence-electron chi connectivity index (χ3n) is 2.84. The van der Waals surface area contributed by atoms with Gasteiger partial charge in [-0.15, -0.1) is 0 Å². The van der Waals surface area contributed by atoms with Crippen molar-refractivity contribution in [1.29, 1.82) is 0 Å². The van der Waals surface area contributed by atoms with Crippen LogP contribution in [0.5, 0.6) is 0 Å². The molecule has 0 unspecified atom stereocenters. The van der Waals surface area contributed by atoms with Crippen molar-refractivity contribution in [2.45, 2.75) is 26.6 Å². The zero-order valence-electron chi connectivity index (χ0n) is 10.7. The molecule has 19 heavy (non-hydrogen) atoms. The molecule has 0 radical (unpaired) electrons. The monoisotopic (exact) mass is 260 g/mol. The van der Waals surface area contributed by atoms with Gasteiger partial charge in [-0.3, -0.25) is 14.8 Å². The number of nitrogens with one attached hydrogen (secondary N) is 1. The molecule has 1 aromatic heterocycles. The van der Waals surface area contributed by atoms with E-state index in [1.165, 1.54) is 6.07 Å². The maximum atomic E-state index is 10.9. The molecular formula is C13H16N4O2. The molecule has 1 aromatic carbocycles. The molecule has 0 saturated carbocycles. The zero-order chi connectivity index (χ0) is 13.7. The fraction of sp³-hybridized carbons (Fsp3) is 0.308. The van der Waals surface area contributed by atoms with Crippen LogP contribution in [-0.4, -0.2) is 14.7 Å². The normalized spacial score (nSPS) is 10.6. The second-order valence-corrected chi connectivity index (χ2v) is 4.19. The molecule has 100 valence electrons. The lowest BCUT2D eigenvalue weighted by Crippen LogP contribution is -2.13. The van der Waals surface area contributed by atoms with Crippen LogP contribution in [0.15, 0.2) is 36.7 Å². The molecule has 0 fully saturated rings. The molecule has 0 spiro atoms. The Kier molecular flexibility index (Phi) is 4.25. The first kappa shape index (κ1) is 13.2. The average molecular weight is 260 g/mol. The molecule has 0 bridgehead atoms. The number of nitrogens with zero attached hydrogens (tertiary/aromatic N) is 3. The van der Waals surface area contributed by atoms with Gasteiger partial charge in [-0.1, -0.05) is 18.2 Å². The van der Waals surface area contributed by atoms with E-state index >= 15 is 0 Å². The van der Waals surface area contributed by atoms with E-state index in [4.69, 9.17) is 0 Å². The van der Waals surface area contributed by atoms with Crippen LogP contribution in [-0.2, 0) is 19.6 Å². The lowest BCUT2D eigenvalue weighted by atomic mass is 10.2. The number of aryl methyl sites for hydroxylation is 1. The predicted molar refractivity (Wildman–Crippen MR) is 71.5 cm³/mol. The van der Waals surface area contributed by atoms with Gasteiger partial charge in [0.15, 0.2) is 0 Å². The molecule has 6 heteroatoms. The van der Waals surface area contributed by atoms with E-state index in [2.05, 4.69) is 10.4 Å². The highest BCUT2D eigenvalue weighted by Gasteiger charge is 2.11. The molecule has 0 aliphatic rings. The molecule has 2 rings (SSSR count). The number of hydrogen-bond donors (Lipinski definition) is 1. The van der Waals surface area contributed by atoms with Crippen molar-refractivity contribution in [2.75, 3.05) is 0 Å². The van der Waals surface area contributed by atoms with Crippen molar-refractivity contribution in [2.24, 2.45) is 0 Å². The number of para-hydroxylation sites is 1. The summed E-state index contributed by atoms with van der Waals surface area (Å²) in [4.78, 5) is 10.5. The van der Waals surface area contributed by atoms with E-state index < -0.39 is 0 Å². The minimum absolute atomic E-state index is 0.152. The van der Waals surface area contributed by atoms with Crippen LogP contribution in [0, 0.1) is 10.1 Å². The third-order valence-corrected chi connectivity index (χ3v) is 2.84. The lowest BCUT2D eigenvalue weighted by molar-refractivity contribution is -0.385. The fourth-order valence-electron chi connectivity index (χ4n) is 1.85. The summed E-state index contributed by atoms with van der Waals surface area (Å²) < 4.78 is 1.85. The second-order valence-electron chi connectivity index (χ2n) is 4.19. The second kappa shape index (κ2) is 6.10. The molecule has 1 N–H and O–H groups in total. The van der Waals surface area contributed by atoms with E-state index in [-0.39, 0.29) is 10.6 Å². The van der Waals surface area contributed by atoms with Crippen molar-refractivity contribution in [3.63, 3.8) is 0 Å². The van der Waals surface area contributed by atoms with Crippen molar-refractivity contribution >= 4 is 5.69 Å². The van der Waals surface area contributed by atoms with Gasteiger partial charge in [-0.05, 0) is 6.92 Å². The number of benzene rings is 1. The molecule has 0 aliphatic carbocycles. The summed E-state index contributed by atoms with van der Waals surface area (Å²) >= 11 is 0. The maximum absolute atomic E-state index is 10.9. The minimum Gasteiger partial charge on any atom is -0.308 e. The Morgan fingerprint density at radius 3 is 2.84 bits per heavy atom. The fourth-order valence-corrected chi connectivity index (χ4v) is 1.85. The third kappa shape index (κ3) is 3.38. The Bertz CT molecular complexity index is 565. The van der Waals surface area contributed by atoms with Crippen LogP contribution in [0.25, 0.3) is 0 Å². The Labute approximate surface area is 111 Å².